The highest BCUT2D eigenvalue weighted by molar-refractivity contribution is 5.96. The van der Waals surface area contributed by atoms with E-state index in [-0.39, 0.29) is 12.3 Å². The molecule has 0 bridgehead atoms. The van der Waals surface area contributed by atoms with E-state index in [0.29, 0.717) is 11.4 Å². The van der Waals surface area contributed by atoms with E-state index < -0.39 is 6.04 Å². The predicted molar refractivity (Wildman–Crippen MR) is 71.4 cm³/mol. The Kier molecular flexibility index (Phi) is 3.90. The number of terminal acetylenes is 1. The number of carbonyl (C=O) groups is 1. The zero-order valence-corrected chi connectivity index (χ0v) is 10.2. The Labute approximate surface area is 110 Å². The zero-order chi connectivity index (χ0) is 13.7. The monoisotopic (exact) mass is 255 g/mol. The van der Waals surface area contributed by atoms with Crippen LogP contribution in [0.25, 0.3) is 5.69 Å². The third-order valence-corrected chi connectivity index (χ3v) is 2.51. The molecule has 3 N–H and O–H groups in total. The van der Waals surface area contributed by atoms with E-state index in [9.17, 15) is 4.79 Å². The second kappa shape index (κ2) is 5.80. The molecule has 1 amide bonds. The highest BCUT2D eigenvalue weighted by Gasteiger charge is 2.14. The summed E-state index contributed by atoms with van der Waals surface area (Å²) in [7, 11) is 0. The summed E-state index contributed by atoms with van der Waals surface area (Å²) in [5.74, 6) is 2.03. The summed E-state index contributed by atoms with van der Waals surface area (Å²) in [6, 6.07) is 6.50. The largest absolute Gasteiger partial charge is 0.323 e. The van der Waals surface area contributed by atoms with Crippen LogP contribution < -0.4 is 11.1 Å². The van der Waals surface area contributed by atoms with Crippen LogP contribution in [0.2, 0.25) is 0 Å². The van der Waals surface area contributed by atoms with Gasteiger partial charge in [-0.15, -0.1) is 17.4 Å². The molecule has 6 nitrogen and oxygen atoms in total. The van der Waals surface area contributed by atoms with Gasteiger partial charge in [0.15, 0.2) is 0 Å². The second-order valence-electron chi connectivity index (χ2n) is 3.87. The number of para-hydroxylation sites is 2. The maximum absolute atomic E-state index is 11.8. The van der Waals surface area contributed by atoms with E-state index in [1.165, 1.54) is 0 Å². The van der Waals surface area contributed by atoms with Crippen molar-refractivity contribution in [1.82, 2.24) is 15.0 Å². The molecule has 1 heterocycles. The van der Waals surface area contributed by atoms with Crippen LogP contribution in [-0.2, 0) is 4.79 Å². The van der Waals surface area contributed by atoms with Crippen molar-refractivity contribution in [2.45, 2.75) is 12.5 Å². The Bertz CT molecular complexity index is 600. The van der Waals surface area contributed by atoms with Gasteiger partial charge < -0.3 is 11.1 Å². The van der Waals surface area contributed by atoms with Crippen molar-refractivity contribution in [3.63, 3.8) is 0 Å². The molecule has 0 aliphatic carbocycles. The van der Waals surface area contributed by atoms with Crippen LogP contribution in [0.5, 0.6) is 0 Å². The topological polar surface area (TPSA) is 85.8 Å². The van der Waals surface area contributed by atoms with Crippen LogP contribution in [0.1, 0.15) is 6.42 Å². The Balaban J connectivity index is 2.22. The van der Waals surface area contributed by atoms with Gasteiger partial charge in [0, 0.05) is 6.42 Å². The van der Waals surface area contributed by atoms with Gasteiger partial charge in [0.25, 0.3) is 0 Å². The summed E-state index contributed by atoms with van der Waals surface area (Å²) in [5, 5.41) is 10.4. The van der Waals surface area contributed by atoms with Crippen LogP contribution in [0, 0.1) is 12.3 Å². The first kappa shape index (κ1) is 12.8. The summed E-state index contributed by atoms with van der Waals surface area (Å²) in [4.78, 5) is 11.8. The van der Waals surface area contributed by atoms with Crippen molar-refractivity contribution in [2.24, 2.45) is 5.73 Å². The van der Waals surface area contributed by atoms with Gasteiger partial charge in [-0.3, -0.25) is 4.79 Å². The summed E-state index contributed by atoms with van der Waals surface area (Å²) in [6.07, 6.45) is 8.57. The van der Waals surface area contributed by atoms with Crippen molar-refractivity contribution in [2.75, 3.05) is 5.32 Å². The number of carbonyl (C=O) groups excluding carboxylic acids is 1. The number of anilines is 1. The smallest absolute Gasteiger partial charge is 0.242 e. The van der Waals surface area contributed by atoms with Gasteiger partial charge in [-0.1, -0.05) is 17.3 Å². The van der Waals surface area contributed by atoms with Gasteiger partial charge in [0.2, 0.25) is 5.91 Å². The number of amides is 1. The van der Waals surface area contributed by atoms with Gasteiger partial charge in [-0.25, -0.2) is 4.68 Å². The number of nitrogens with zero attached hydrogens (tertiary/aromatic N) is 3. The first-order valence-corrected chi connectivity index (χ1v) is 5.68. The molecule has 1 aromatic heterocycles. The molecule has 0 saturated carbocycles. The zero-order valence-electron chi connectivity index (χ0n) is 10.2. The SMILES string of the molecule is C#CCC(N)C(=O)Nc1ccccc1-n1ccnn1. The standard InChI is InChI=1S/C13H13N5O/c1-2-5-10(14)13(19)16-11-6-3-4-7-12(11)18-9-8-15-17-18/h1,3-4,6-10H,5,14H2,(H,16,19). The molecule has 1 unspecified atom stereocenters. The quantitative estimate of drug-likeness (QED) is 0.781. The maximum Gasteiger partial charge on any atom is 0.242 e. The molecular weight excluding hydrogens is 242 g/mol. The number of benzene rings is 1. The lowest BCUT2D eigenvalue weighted by Crippen LogP contribution is -2.35. The lowest BCUT2D eigenvalue weighted by atomic mass is 10.2. The molecule has 96 valence electrons. The van der Waals surface area contributed by atoms with Gasteiger partial charge in [0.05, 0.1) is 29.8 Å². The summed E-state index contributed by atoms with van der Waals surface area (Å²) in [6.45, 7) is 0. The van der Waals surface area contributed by atoms with E-state index >= 15 is 0 Å². The molecule has 2 aromatic rings. The van der Waals surface area contributed by atoms with Crippen molar-refractivity contribution < 1.29 is 4.79 Å². The number of rotatable bonds is 4. The van der Waals surface area contributed by atoms with Crippen LogP contribution >= 0.6 is 0 Å². The summed E-state index contributed by atoms with van der Waals surface area (Å²) in [5.41, 5.74) is 6.97. The number of nitrogens with one attached hydrogen (secondary N) is 1. The van der Waals surface area contributed by atoms with Gasteiger partial charge in [-0.2, -0.15) is 0 Å². The Morgan fingerprint density at radius 1 is 1.53 bits per heavy atom. The maximum atomic E-state index is 11.8. The highest BCUT2D eigenvalue weighted by Crippen LogP contribution is 2.18. The van der Waals surface area contributed by atoms with Crippen molar-refractivity contribution in [3.05, 3.63) is 36.7 Å². The normalized spacial score (nSPS) is 11.6. The molecule has 6 heteroatoms. The number of nitrogens with two attached hydrogens (primary N) is 1. The molecule has 1 aromatic carbocycles. The Morgan fingerprint density at radius 2 is 2.32 bits per heavy atom. The minimum atomic E-state index is -0.728. The molecule has 19 heavy (non-hydrogen) atoms. The van der Waals surface area contributed by atoms with Gasteiger partial charge in [0.1, 0.15) is 0 Å². The number of hydrogen-bond acceptors (Lipinski definition) is 4. The number of hydrogen-bond donors (Lipinski definition) is 2. The summed E-state index contributed by atoms with van der Waals surface area (Å²) >= 11 is 0. The fourth-order valence-electron chi connectivity index (χ4n) is 1.56. The highest BCUT2D eigenvalue weighted by atomic mass is 16.2. The molecule has 0 radical (unpaired) electrons. The third kappa shape index (κ3) is 2.97. The van der Waals surface area contributed by atoms with Crippen molar-refractivity contribution >= 4 is 11.6 Å². The lowest BCUT2D eigenvalue weighted by molar-refractivity contribution is -0.117. The van der Waals surface area contributed by atoms with E-state index in [2.05, 4.69) is 21.5 Å². The molecule has 1 atom stereocenters. The molecule has 2 rings (SSSR count). The Hall–Kier alpha value is -2.65. The van der Waals surface area contributed by atoms with Crippen LogP contribution in [0.3, 0.4) is 0 Å². The van der Waals surface area contributed by atoms with E-state index in [0.717, 1.165) is 0 Å². The lowest BCUT2D eigenvalue weighted by Gasteiger charge is -2.13. The van der Waals surface area contributed by atoms with E-state index in [1.807, 2.05) is 18.2 Å². The van der Waals surface area contributed by atoms with Crippen LogP contribution in [0.4, 0.5) is 5.69 Å². The van der Waals surface area contributed by atoms with Gasteiger partial charge >= 0.3 is 0 Å². The first-order valence-electron chi connectivity index (χ1n) is 5.68. The third-order valence-electron chi connectivity index (χ3n) is 2.51. The van der Waals surface area contributed by atoms with Crippen LogP contribution in [-0.4, -0.2) is 26.9 Å². The average molecular weight is 255 g/mol. The van der Waals surface area contributed by atoms with Crippen LogP contribution in [0.15, 0.2) is 36.7 Å². The molecule has 0 aliphatic rings. The fraction of sp³-hybridized carbons (Fsp3) is 0.154. The molecule has 0 saturated heterocycles. The molecule has 0 spiro atoms. The molecule has 0 fully saturated rings. The van der Waals surface area contributed by atoms with Crippen molar-refractivity contribution in [1.29, 1.82) is 0 Å². The minimum absolute atomic E-state index is 0.192. The molecule has 0 aliphatic heterocycles. The van der Waals surface area contributed by atoms with Gasteiger partial charge in [-0.05, 0) is 12.1 Å². The fourth-order valence-corrected chi connectivity index (χ4v) is 1.56. The minimum Gasteiger partial charge on any atom is -0.323 e. The van der Waals surface area contributed by atoms with Crippen molar-refractivity contribution in [3.8, 4) is 18.0 Å². The predicted octanol–water partition coefficient (Wildman–Crippen LogP) is 0.556. The second-order valence-corrected chi connectivity index (χ2v) is 3.87. The average Bonchev–Trinajstić information content (AvgIpc) is 2.93. The summed E-state index contributed by atoms with van der Waals surface area (Å²) < 4.78 is 1.56. The van der Waals surface area contributed by atoms with E-state index in [4.69, 9.17) is 12.2 Å². The Morgan fingerprint density at radius 3 is 3.00 bits per heavy atom. The first-order chi connectivity index (χ1) is 9.22. The van der Waals surface area contributed by atoms with E-state index in [1.54, 1.807) is 23.1 Å². The molecular formula is C13H13N5O. The number of aromatic nitrogens is 3.